The van der Waals surface area contributed by atoms with Gasteiger partial charge in [0.2, 0.25) is 0 Å². The van der Waals surface area contributed by atoms with Gasteiger partial charge in [0.1, 0.15) is 19.0 Å². The minimum Gasteiger partial charge on any atom is -0.488 e. The van der Waals surface area contributed by atoms with Crippen molar-refractivity contribution < 1.29 is 9.84 Å². The molecule has 1 aromatic heterocycles. The molecule has 0 saturated heterocycles. The molecule has 3 heteroatoms. The molecule has 0 aliphatic carbocycles. The molecule has 0 aliphatic rings. The summed E-state index contributed by atoms with van der Waals surface area (Å²) in [5, 5.41) is 8.68. The maximum atomic E-state index is 8.68. The lowest BCUT2D eigenvalue weighted by molar-refractivity contribution is 0.305. The lowest BCUT2D eigenvalue weighted by Crippen LogP contribution is -1.97. The molecule has 1 N–H and O–H groups in total. The topological polar surface area (TPSA) is 29.5 Å². The van der Waals surface area contributed by atoms with Crippen molar-refractivity contribution in [3.8, 4) is 17.6 Å². The van der Waals surface area contributed by atoms with Gasteiger partial charge in [-0.05, 0) is 44.0 Å². The van der Waals surface area contributed by atoms with Gasteiger partial charge in [-0.3, -0.25) is 0 Å². The third-order valence-electron chi connectivity index (χ3n) is 2.92. The highest BCUT2D eigenvalue weighted by Gasteiger charge is 2.06. The number of aryl methyl sites for hydroxylation is 3. The third-order valence-corrected chi connectivity index (χ3v) is 3.89. The van der Waals surface area contributed by atoms with Crippen molar-refractivity contribution in [1.82, 2.24) is 0 Å². The van der Waals surface area contributed by atoms with E-state index in [1.807, 2.05) is 12.1 Å². The van der Waals surface area contributed by atoms with E-state index in [0.717, 1.165) is 15.5 Å². The molecule has 0 aliphatic heterocycles. The molecular formula is C17H18O2S. The van der Waals surface area contributed by atoms with Crippen molar-refractivity contribution in [1.29, 1.82) is 0 Å². The Morgan fingerprint density at radius 2 is 1.85 bits per heavy atom. The second-order valence-electron chi connectivity index (χ2n) is 4.74. The van der Waals surface area contributed by atoms with Crippen LogP contribution in [0.25, 0.3) is 0 Å². The number of thiophene rings is 1. The molecule has 0 atom stereocenters. The summed E-state index contributed by atoms with van der Waals surface area (Å²) in [6, 6.07) is 8.25. The van der Waals surface area contributed by atoms with E-state index >= 15 is 0 Å². The van der Waals surface area contributed by atoms with Crippen molar-refractivity contribution in [3.63, 3.8) is 0 Å². The molecule has 104 valence electrons. The average molecular weight is 286 g/mol. The van der Waals surface area contributed by atoms with E-state index in [-0.39, 0.29) is 6.61 Å². The molecule has 2 aromatic rings. The summed E-state index contributed by atoms with van der Waals surface area (Å²) in [4.78, 5) is 2.08. The van der Waals surface area contributed by atoms with E-state index in [1.165, 1.54) is 16.7 Å². The minimum atomic E-state index is -0.106. The first-order valence-corrected chi connectivity index (χ1v) is 7.31. The fraction of sp³-hybridized carbons (Fsp3) is 0.294. The summed E-state index contributed by atoms with van der Waals surface area (Å²) in [5.41, 5.74) is 3.59. The van der Waals surface area contributed by atoms with Crippen molar-refractivity contribution >= 4 is 11.3 Å². The molecule has 0 fully saturated rings. The van der Waals surface area contributed by atoms with Gasteiger partial charge in [-0.25, -0.2) is 0 Å². The molecule has 2 rings (SSSR count). The van der Waals surface area contributed by atoms with Crippen LogP contribution in [0.1, 0.15) is 26.4 Å². The predicted molar refractivity (Wildman–Crippen MR) is 83.3 cm³/mol. The summed E-state index contributed by atoms with van der Waals surface area (Å²) >= 11 is 1.60. The first-order valence-electron chi connectivity index (χ1n) is 6.49. The van der Waals surface area contributed by atoms with Crippen LogP contribution < -0.4 is 4.74 Å². The van der Waals surface area contributed by atoms with Crippen LogP contribution in [0, 0.1) is 32.6 Å². The molecular weight excluding hydrogens is 268 g/mol. The van der Waals surface area contributed by atoms with Crippen molar-refractivity contribution in [2.45, 2.75) is 27.4 Å². The Labute approximate surface area is 124 Å². The summed E-state index contributed by atoms with van der Waals surface area (Å²) in [5.74, 6) is 6.52. The maximum absolute atomic E-state index is 8.68. The highest BCUT2D eigenvalue weighted by atomic mass is 32.1. The van der Waals surface area contributed by atoms with Gasteiger partial charge in [0.25, 0.3) is 0 Å². The number of rotatable bonds is 3. The number of aliphatic hydroxyl groups excluding tert-OH is 1. The van der Waals surface area contributed by atoms with Crippen LogP contribution in [0.3, 0.4) is 0 Å². The van der Waals surface area contributed by atoms with Gasteiger partial charge >= 0.3 is 0 Å². The molecule has 1 aromatic carbocycles. The summed E-state index contributed by atoms with van der Waals surface area (Å²) in [7, 11) is 0. The zero-order chi connectivity index (χ0) is 14.5. The number of aliphatic hydroxyl groups is 1. The summed E-state index contributed by atoms with van der Waals surface area (Å²) in [6.07, 6.45) is 0. The van der Waals surface area contributed by atoms with E-state index in [0.29, 0.717) is 6.61 Å². The lowest BCUT2D eigenvalue weighted by atomic mass is 10.1. The zero-order valence-electron chi connectivity index (χ0n) is 12.0. The van der Waals surface area contributed by atoms with Gasteiger partial charge < -0.3 is 9.84 Å². The Bertz CT molecular complexity index is 636. The summed E-state index contributed by atoms with van der Waals surface area (Å²) < 4.78 is 5.94. The molecule has 0 bridgehead atoms. The Hall–Kier alpha value is -1.76. The Morgan fingerprint density at radius 1 is 1.15 bits per heavy atom. The molecule has 20 heavy (non-hydrogen) atoms. The Balaban J connectivity index is 2.07. The van der Waals surface area contributed by atoms with Crippen LogP contribution in [0.4, 0.5) is 0 Å². The van der Waals surface area contributed by atoms with E-state index in [9.17, 15) is 0 Å². The first-order chi connectivity index (χ1) is 9.60. The number of hydrogen-bond donors (Lipinski definition) is 1. The highest BCUT2D eigenvalue weighted by Crippen LogP contribution is 2.26. The predicted octanol–water partition coefficient (Wildman–Crippen LogP) is 3.60. The van der Waals surface area contributed by atoms with Crippen LogP contribution in [0.5, 0.6) is 5.75 Å². The number of ether oxygens (including phenoxy) is 1. The quantitative estimate of drug-likeness (QED) is 0.874. The molecule has 0 saturated carbocycles. The normalized spacial score (nSPS) is 10.0. The van der Waals surface area contributed by atoms with Gasteiger partial charge in [-0.1, -0.05) is 29.5 Å². The van der Waals surface area contributed by atoms with E-state index in [4.69, 9.17) is 9.84 Å². The number of benzene rings is 1. The highest BCUT2D eigenvalue weighted by molar-refractivity contribution is 7.12. The van der Waals surface area contributed by atoms with Crippen LogP contribution in [0.2, 0.25) is 0 Å². The average Bonchev–Trinajstić information content (AvgIpc) is 2.83. The monoisotopic (exact) mass is 286 g/mol. The second-order valence-corrected chi connectivity index (χ2v) is 5.91. The van der Waals surface area contributed by atoms with Gasteiger partial charge in [0, 0.05) is 4.88 Å². The smallest absolute Gasteiger partial charge is 0.125 e. The zero-order valence-corrected chi connectivity index (χ0v) is 12.8. The van der Waals surface area contributed by atoms with Gasteiger partial charge in [-0.15, -0.1) is 11.3 Å². The fourth-order valence-electron chi connectivity index (χ4n) is 2.19. The van der Waals surface area contributed by atoms with E-state index < -0.39 is 0 Å². The molecule has 0 amide bonds. The van der Waals surface area contributed by atoms with Crippen LogP contribution >= 0.6 is 11.3 Å². The van der Waals surface area contributed by atoms with Crippen molar-refractivity contribution in [3.05, 3.63) is 50.7 Å². The molecule has 0 radical (unpaired) electrons. The molecule has 0 unspecified atom stereocenters. The van der Waals surface area contributed by atoms with Crippen molar-refractivity contribution in [2.24, 2.45) is 0 Å². The molecule has 2 nitrogen and oxygen atoms in total. The molecule has 1 heterocycles. The standard InChI is InChI=1S/C17H18O2S/c1-12-9-13(2)17(14(3)10-12)19-11-16-7-6-15(20-16)5-4-8-18/h6-7,9-10,18H,8,11H2,1-3H3. The van der Waals surface area contributed by atoms with Gasteiger partial charge in [-0.2, -0.15) is 0 Å². The number of hydrogen-bond acceptors (Lipinski definition) is 3. The van der Waals surface area contributed by atoms with Crippen LogP contribution in [-0.2, 0) is 6.61 Å². The SMILES string of the molecule is Cc1cc(C)c(OCc2ccc(C#CCO)s2)c(C)c1. The Kier molecular flexibility index (Phi) is 4.84. The lowest BCUT2D eigenvalue weighted by Gasteiger charge is -2.12. The summed E-state index contributed by atoms with van der Waals surface area (Å²) in [6.45, 7) is 6.68. The second kappa shape index (κ2) is 6.60. The van der Waals surface area contributed by atoms with Gasteiger partial charge in [0.05, 0.1) is 4.88 Å². The van der Waals surface area contributed by atoms with Crippen LogP contribution in [0.15, 0.2) is 24.3 Å². The third kappa shape index (κ3) is 3.63. The van der Waals surface area contributed by atoms with Crippen LogP contribution in [-0.4, -0.2) is 11.7 Å². The minimum absolute atomic E-state index is 0.106. The first kappa shape index (κ1) is 14.6. The van der Waals surface area contributed by atoms with Crippen molar-refractivity contribution in [2.75, 3.05) is 6.61 Å². The Morgan fingerprint density at radius 3 is 2.50 bits per heavy atom. The van der Waals surface area contributed by atoms with E-state index in [2.05, 4.69) is 44.7 Å². The van der Waals surface area contributed by atoms with Gasteiger partial charge in [0.15, 0.2) is 0 Å². The van der Waals surface area contributed by atoms with E-state index in [1.54, 1.807) is 11.3 Å². The maximum Gasteiger partial charge on any atom is 0.125 e. The fourth-order valence-corrected chi connectivity index (χ4v) is 2.98. The molecule has 0 spiro atoms. The largest absolute Gasteiger partial charge is 0.488 e.